The number of ketones is 1. The third-order valence-corrected chi connectivity index (χ3v) is 4.59. The highest BCUT2D eigenvalue weighted by molar-refractivity contribution is 6.54. The summed E-state index contributed by atoms with van der Waals surface area (Å²) in [4.78, 5) is 38.0. The Kier molecular flexibility index (Phi) is 4.93. The van der Waals surface area contributed by atoms with Crippen LogP contribution in [0.4, 0.5) is 17.1 Å². The molecular formula is C22H14ClN3O3. The number of hydrogen-bond donors (Lipinski definition) is 2. The molecule has 29 heavy (non-hydrogen) atoms. The van der Waals surface area contributed by atoms with Crippen LogP contribution in [0.3, 0.4) is 0 Å². The van der Waals surface area contributed by atoms with Crippen molar-refractivity contribution in [3.63, 3.8) is 0 Å². The molecular weight excluding hydrogens is 390 g/mol. The normalized spacial score (nSPS) is 15.2. The van der Waals surface area contributed by atoms with E-state index in [-0.39, 0.29) is 5.91 Å². The number of amides is 2. The van der Waals surface area contributed by atoms with E-state index in [1.807, 2.05) is 24.3 Å². The van der Waals surface area contributed by atoms with Gasteiger partial charge in [-0.1, -0.05) is 41.9 Å². The first kappa shape index (κ1) is 18.6. The third-order valence-electron chi connectivity index (χ3n) is 4.34. The zero-order chi connectivity index (χ0) is 20.4. The van der Waals surface area contributed by atoms with Crippen molar-refractivity contribution in [2.75, 3.05) is 10.6 Å². The van der Waals surface area contributed by atoms with Crippen molar-refractivity contribution in [3.05, 3.63) is 88.9 Å². The fourth-order valence-electron chi connectivity index (χ4n) is 2.95. The summed E-state index contributed by atoms with van der Waals surface area (Å²) in [6.07, 6.45) is 0. The minimum absolute atomic E-state index is 0.175. The average molecular weight is 404 g/mol. The van der Waals surface area contributed by atoms with Crippen LogP contribution in [0.2, 0.25) is 5.02 Å². The van der Waals surface area contributed by atoms with E-state index >= 15 is 0 Å². The SMILES string of the molecule is O=C1Nc2ccccc2C1=Nc1ccc(Cl)cc1.O=C1Nc2ccccc2C1=O. The van der Waals surface area contributed by atoms with Crippen molar-refractivity contribution in [1.82, 2.24) is 0 Å². The van der Waals surface area contributed by atoms with Crippen molar-refractivity contribution in [3.8, 4) is 0 Å². The largest absolute Gasteiger partial charge is 0.320 e. The Morgan fingerprint density at radius 2 is 1.21 bits per heavy atom. The van der Waals surface area contributed by atoms with E-state index < -0.39 is 11.7 Å². The lowest BCUT2D eigenvalue weighted by Crippen LogP contribution is -2.13. The highest BCUT2D eigenvalue weighted by Gasteiger charge is 2.27. The number of anilines is 2. The van der Waals surface area contributed by atoms with Crippen molar-refractivity contribution in [2.24, 2.45) is 4.99 Å². The molecule has 0 aromatic heterocycles. The van der Waals surface area contributed by atoms with Gasteiger partial charge in [0.15, 0.2) is 0 Å². The zero-order valence-corrected chi connectivity index (χ0v) is 15.7. The molecule has 2 heterocycles. The number of Topliss-reactive ketones (excluding diaryl/α,β-unsaturated/α-hetero) is 1. The van der Waals surface area contributed by atoms with E-state index in [4.69, 9.17) is 11.6 Å². The van der Waals surface area contributed by atoms with Crippen LogP contribution in [-0.2, 0) is 9.59 Å². The summed E-state index contributed by atoms with van der Waals surface area (Å²) in [6, 6.07) is 21.4. The summed E-state index contributed by atoms with van der Waals surface area (Å²) < 4.78 is 0. The molecule has 0 saturated carbocycles. The lowest BCUT2D eigenvalue weighted by molar-refractivity contribution is -0.112. The van der Waals surface area contributed by atoms with Gasteiger partial charge in [0.2, 0.25) is 0 Å². The lowest BCUT2D eigenvalue weighted by Gasteiger charge is -1.97. The summed E-state index contributed by atoms with van der Waals surface area (Å²) in [5.41, 5.74) is 3.86. The zero-order valence-electron chi connectivity index (χ0n) is 15.0. The van der Waals surface area contributed by atoms with Gasteiger partial charge in [-0.15, -0.1) is 0 Å². The number of fused-ring (bicyclic) bond motifs is 2. The number of halogens is 1. The standard InChI is InChI=1S/C14H9ClN2O.C8H5NO2/c15-9-5-7-10(8-6-9)16-13-11-3-1-2-4-12(11)17-14(13)18;10-7-5-3-1-2-4-6(5)9-8(7)11/h1-8H,(H,16,17,18);1-4H,(H,9,10,11). The molecule has 2 N–H and O–H groups in total. The smallest absolute Gasteiger partial charge is 0.296 e. The molecule has 0 bridgehead atoms. The molecule has 6 nitrogen and oxygen atoms in total. The van der Waals surface area contributed by atoms with Gasteiger partial charge in [-0.25, -0.2) is 4.99 Å². The molecule has 7 heteroatoms. The van der Waals surface area contributed by atoms with Crippen LogP contribution in [0.5, 0.6) is 0 Å². The molecule has 142 valence electrons. The van der Waals surface area contributed by atoms with Crippen LogP contribution in [0.25, 0.3) is 0 Å². The summed E-state index contributed by atoms with van der Waals surface area (Å²) in [5.74, 6) is -1.15. The van der Waals surface area contributed by atoms with Gasteiger partial charge in [0.05, 0.1) is 22.6 Å². The molecule has 3 aromatic carbocycles. The highest BCUT2D eigenvalue weighted by atomic mass is 35.5. The van der Waals surface area contributed by atoms with Crippen LogP contribution in [0, 0.1) is 0 Å². The second-order valence-electron chi connectivity index (χ2n) is 6.27. The van der Waals surface area contributed by atoms with Crippen molar-refractivity contribution in [1.29, 1.82) is 0 Å². The van der Waals surface area contributed by atoms with Crippen molar-refractivity contribution < 1.29 is 14.4 Å². The van der Waals surface area contributed by atoms with E-state index in [1.54, 1.807) is 48.5 Å². The number of carbonyl (C=O) groups is 3. The second-order valence-corrected chi connectivity index (χ2v) is 6.70. The number of aliphatic imine (C=N–C) groups is 1. The van der Waals surface area contributed by atoms with Crippen LogP contribution in [0.1, 0.15) is 15.9 Å². The molecule has 2 aliphatic rings. The van der Waals surface area contributed by atoms with Gasteiger partial charge in [0, 0.05) is 10.6 Å². The van der Waals surface area contributed by atoms with Gasteiger partial charge >= 0.3 is 0 Å². The summed E-state index contributed by atoms with van der Waals surface area (Å²) in [5, 5.41) is 5.89. The number of benzene rings is 3. The monoisotopic (exact) mass is 403 g/mol. The van der Waals surface area contributed by atoms with Gasteiger partial charge in [-0.3, -0.25) is 14.4 Å². The van der Waals surface area contributed by atoms with Crippen LogP contribution < -0.4 is 10.6 Å². The number of para-hydroxylation sites is 2. The minimum Gasteiger partial charge on any atom is -0.320 e. The summed E-state index contributed by atoms with van der Waals surface area (Å²) in [6.45, 7) is 0. The van der Waals surface area contributed by atoms with Crippen LogP contribution in [0.15, 0.2) is 77.8 Å². The predicted octanol–water partition coefficient (Wildman–Crippen LogP) is 4.23. The Balaban J connectivity index is 0.000000159. The van der Waals surface area contributed by atoms with Crippen molar-refractivity contribution in [2.45, 2.75) is 0 Å². The Labute approximate surface area is 171 Å². The fraction of sp³-hybridized carbons (Fsp3) is 0. The molecule has 0 saturated heterocycles. The molecule has 3 aromatic rings. The summed E-state index contributed by atoms with van der Waals surface area (Å²) in [7, 11) is 0. The average Bonchev–Trinajstić information content (AvgIpc) is 3.20. The third kappa shape index (κ3) is 3.79. The number of rotatable bonds is 1. The van der Waals surface area contributed by atoms with Gasteiger partial charge in [0.1, 0.15) is 5.71 Å². The maximum atomic E-state index is 11.8. The number of nitrogens with one attached hydrogen (secondary N) is 2. The molecule has 0 fully saturated rings. The quantitative estimate of drug-likeness (QED) is 0.596. The second kappa shape index (κ2) is 7.69. The first-order valence-electron chi connectivity index (χ1n) is 8.72. The first-order chi connectivity index (χ1) is 14.0. The Bertz CT molecular complexity index is 1170. The van der Waals surface area contributed by atoms with Gasteiger partial charge < -0.3 is 10.6 Å². The molecule has 0 unspecified atom stereocenters. The Hall–Kier alpha value is -3.77. The van der Waals surface area contributed by atoms with Gasteiger partial charge in [0.25, 0.3) is 17.6 Å². The van der Waals surface area contributed by atoms with Crippen LogP contribution in [-0.4, -0.2) is 23.3 Å². The number of nitrogens with zero attached hydrogens (tertiary/aromatic N) is 1. The van der Waals surface area contributed by atoms with E-state index in [0.717, 1.165) is 11.3 Å². The van der Waals surface area contributed by atoms with Gasteiger partial charge in [-0.2, -0.15) is 0 Å². The summed E-state index contributed by atoms with van der Waals surface area (Å²) >= 11 is 5.81. The Morgan fingerprint density at radius 3 is 1.86 bits per heavy atom. The molecule has 0 aliphatic carbocycles. The van der Waals surface area contributed by atoms with Crippen LogP contribution >= 0.6 is 11.6 Å². The van der Waals surface area contributed by atoms with E-state index in [2.05, 4.69) is 15.6 Å². The van der Waals surface area contributed by atoms with Gasteiger partial charge in [-0.05, 0) is 42.5 Å². The fourth-order valence-corrected chi connectivity index (χ4v) is 3.08. The molecule has 2 aliphatic heterocycles. The lowest BCUT2D eigenvalue weighted by atomic mass is 10.1. The maximum Gasteiger partial charge on any atom is 0.296 e. The molecule has 5 rings (SSSR count). The first-order valence-corrected chi connectivity index (χ1v) is 9.10. The van der Waals surface area contributed by atoms with E-state index in [9.17, 15) is 14.4 Å². The highest BCUT2D eigenvalue weighted by Crippen LogP contribution is 2.26. The molecule has 2 amide bonds. The Morgan fingerprint density at radius 1 is 0.655 bits per heavy atom. The molecule has 0 radical (unpaired) electrons. The minimum atomic E-state index is -0.536. The maximum absolute atomic E-state index is 11.8. The van der Waals surface area contributed by atoms with E-state index in [0.29, 0.717) is 27.7 Å². The molecule has 0 spiro atoms. The van der Waals surface area contributed by atoms with Crippen molar-refractivity contribution >= 4 is 52.0 Å². The topological polar surface area (TPSA) is 87.6 Å². The number of carbonyl (C=O) groups excluding carboxylic acids is 3. The molecule has 0 atom stereocenters. The number of hydrogen-bond acceptors (Lipinski definition) is 4. The predicted molar refractivity (Wildman–Crippen MR) is 112 cm³/mol. The van der Waals surface area contributed by atoms with E-state index in [1.165, 1.54) is 0 Å².